The summed E-state index contributed by atoms with van der Waals surface area (Å²) >= 11 is 1.25. The van der Waals surface area contributed by atoms with Crippen molar-refractivity contribution in [1.29, 1.82) is 0 Å². The predicted molar refractivity (Wildman–Crippen MR) is 138 cm³/mol. The Kier molecular flexibility index (Phi) is 8.13. The van der Waals surface area contributed by atoms with E-state index >= 15 is 0 Å². The molecule has 0 atom stereocenters. The van der Waals surface area contributed by atoms with Crippen LogP contribution in [-0.4, -0.2) is 33.6 Å². The molecule has 184 valence electrons. The van der Waals surface area contributed by atoms with Crippen molar-refractivity contribution in [3.63, 3.8) is 0 Å². The van der Waals surface area contributed by atoms with Gasteiger partial charge in [0, 0.05) is 11.9 Å². The van der Waals surface area contributed by atoms with E-state index in [9.17, 15) is 14.4 Å². The number of thioether (sulfide) groups is 1. The topological polar surface area (TPSA) is 82.3 Å². The zero-order valence-corrected chi connectivity index (χ0v) is 21.0. The van der Waals surface area contributed by atoms with Crippen molar-refractivity contribution >= 4 is 29.3 Å². The number of carbonyl (C=O) groups excluding carboxylic acids is 2. The fraction of sp³-hybridized carbons (Fsp3) is 0.370. The van der Waals surface area contributed by atoms with Crippen molar-refractivity contribution in [1.82, 2.24) is 9.36 Å². The monoisotopic (exact) mass is 493 g/mol. The Balaban J connectivity index is 1.40. The molecule has 1 aromatic heterocycles. The van der Waals surface area contributed by atoms with Crippen LogP contribution in [0.3, 0.4) is 0 Å². The van der Waals surface area contributed by atoms with Gasteiger partial charge in [0.15, 0.2) is 0 Å². The van der Waals surface area contributed by atoms with Gasteiger partial charge in [-0.05, 0) is 49.9 Å². The summed E-state index contributed by atoms with van der Waals surface area (Å²) in [6.45, 7) is 2.24. The molecule has 7 nitrogen and oxygen atoms in total. The van der Waals surface area contributed by atoms with Gasteiger partial charge >= 0.3 is 5.97 Å². The van der Waals surface area contributed by atoms with E-state index in [0.717, 1.165) is 18.5 Å². The second-order valence-electron chi connectivity index (χ2n) is 8.87. The summed E-state index contributed by atoms with van der Waals surface area (Å²) in [5.41, 5.74) is 1.80. The van der Waals surface area contributed by atoms with Gasteiger partial charge < -0.3 is 10.1 Å². The lowest BCUT2D eigenvalue weighted by atomic mass is 9.90. The minimum absolute atomic E-state index is 0.0615. The molecule has 4 rings (SSSR count). The maximum atomic E-state index is 13.0. The highest BCUT2D eigenvalue weighted by molar-refractivity contribution is 8.00. The van der Waals surface area contributed by atoms with Crippen LogP contribution in [0.4, 0.5) is 5.69 Å². The first-order chi connectivity index (χ1) is 17.0. The smallest absolute Gasteiger partial charge is 0.339 e. The van der Waals surface area contributed by atoms with Crippen molar-refractivity contribution in [3.8, 4) is 5.69 Å². The van der Waals surface area contributed by atoms with Gasteiger partial charge in [-0.2, -0.15) is 0 Å². The lowest BCUT2D eigenvalue weighted by Crippen LogP contribution is -2.23. The summed E-state index contributed by atoms with van der Waals surface area (Å²) < 4.78 is 8.84. The molecule has 1 fully saturated rings. The molecule has 1 aliphatic rings. The molecular formula is C27H31N3O4S. The number of ether oxygens (including phenoxy) is 1. The van der Waals surface area contributed by atoms with E-state index in [-0.39, 0.29) is 28.9 Å². The van der Waals surface area contributed by atoms with Gasteiger partial charge in [-0.3, -0.25) is 14.3 Å². The number of benzene rings is 2. The SMILES string of the molecule is Cc1c(NC(=O)CSc2ccccc2C(=O)OCC2CCCCC2)c(=O)n(-c2ccccc2)n1C. The van der Waals surface area contributed by atoms with Crippen LogP contribution in [0.5, 0.6) is 0 Å². The molecule has 8 heteroatoms. The number of rotatable bonds is 8. The fourth-order valence-corrected chi connectivity index (χ4v) is 5.26. The number of aromatic nitrogens is 2. The number of nitrogens with zero attached hydrogens (tertiary/aromatic N) is 2. The molecule has 0 unspecified atom stereocenters. The standard InChI is InChI=1S/C27H31N3O4S/c1-19-25(26(32)30(29(19)2)21-13-7-4-8-14-21)28-24(31)18-35-23-16-10-9-15-22(23)27(33)34-17-20-11-5-3-6-12-20/h4,7-10,13-16,20H,3,5-6,11-12,17-18H2,1-2H3,(H,28,31). The third kappa shape index (κ3) is 5.88. The van der Waals surface area contributed by atoms with Crippen LogP contribution in [0.1, 0.15) is 48.2 Å². The number of para-hydroxylation sites is 1. The molecule has 1 saturated carbocycles. The Morgan fingerprint density at radius 2 is 1.71 bits per heavy atom. The van der Waals surface area contributed by atoms with Gasteiger partial charge in [0.2, 0.25) is 5.91 Å². The lowest BCUT2D eigenvalue weighted by Gasteiger charge is -2.21. The molecule has 35 heavy (non-hydrogen) atoms. The van der Waals surface area contributed by atoms with Gasteiger partial charge in [0.05, 0.1) is 29.3 Å². The number of anilines is 1. The Morgan fingerprint density at radius 3 is 2.46 bits per heavy atom. The van der Waals surface area contributed by atoms with Gasteiger partial charge in [-0.1, -0.05) is 49.6 Å². The summed E-state index contributed by atoms with van der Waals surface area (Å²) in [4.78, 5) is 39.2. The van der Waals surface area contributed by atoms with E-state index in [1.54, 1.807) is 30.8 Å². The number of esters is 1. The molecule has 1 amide bonds. The molecule has 2 aromatic carbocycles. The van der Waals surface area contributed by atoms with E-state index < -0.39 is 0 Å². The highest BCUT2D eigenvalue weighted by atomic mass is 32.2. The zero-order chi connectivity index (χ0) is 24.8. The average Bonchev–Trinajstić information content (AvgIpc) is 3.10. The third-order valence-corrected chi connectivity index (χ3v) is 7.53. The minimum atomic E-state index is -0.358. The lowest BCUT2D eigenvalue weighted by molar-refractivity contribution is -0.113. The predicted octanol–water partition coefficient (Wildman–Crippen LogP) is 4.95. The van der Waals surface area contributed by atoms with E-state index in [4.69, 9.17) is 4.74 Å². The average molecular weight is 494 g/mol. The minimum Gasteiger partial charge on any atom is -0.462 e. The summed E-state index contributed by atoms with van der Waals surface area (Å²) in [5, 5.41) is 2.77. The number of nitrogens with one attached hydrogen (secondary N) is 1. The molecule has 3 aromatic rings. The van der Waals surface area contributed by atoms with Crippen LogP contribution in [0.2, 0.25) is 0 Å². The van der Waals surface area contributed by atoms with Crippen LogP contribution in [-0.2, 0) is 16.6 Å². The molecule has 1 heterocycles. The highest BCUT2D eigenvalue weighted by Gasteiger charge is 2.20. The maximum absolute atomic E-state index is 13.0. The molecule has 0 aliphatic heterocycles. The zero-order valence-electron chi connectivity index (χ0n) is 20.2. The molecule has 1 aliphatic carbocycles. The quantitative estimate of drug-likeness (QED) is 0.355. The van der Waals surface area contributed by atoms with E-state index in [1.165, 1.54) is 35.7 Å². The Labute approximate surface area is 209 Å². The summed E-state index contributed by atoms with van der Waals surface area (Å²) in [6, 6.07) is 16.4. The van der Waals surface area contributed by atoms with Crippen molar-refractivity contribution in [2.75, 3.05) is 17.7 Å². The number of hydrogen-bond acceptors (Lipinski definition) is 5. The first-order valence-corrected chi connectivity index (χ1v) is 13.0. The Hall–Kier alpha value is -3.26. The van der Waals surface area contributed by atoms with Crippen LogP contribution >= 0.6 is 11.8 Å². The number of hydrogen-bond donors (Lipinski definition) is 1. The molecule has 0 bridgehead atoms. The van der Waals surface area contributed by atoms with Crippen molar-refractivity contribution < 1.29 is 14.3 Å². The maximum Gasteiger partial charge on any atom is 0.339 e. The normalized spacial score (nSPS) is 14.0. The first-order valence-electron chi connectivity index (χ1n) is 12.0. The van der Waals surface area contributed by atoms with Crippen molar-refractivity contribution in [2.45, 2.75) is 43.9 Å². The van der Waals surface area contributed by atoms with Gasteiger partial charge in [0.25, 0.3) is 5.56 Å². The first kappa shape index (κ1) is 24.9. The third-order valence-electron chi connectivity index (χ3n) is 6.46. The molecule has 0 saturated heterocycles. The van der Waals surface area contributed by atoms with Gasteiger partial charge in [0.1, 0.15) is 5.69 Å². The largest absolute Gasteiger partial charge is 0.462 e. The second-order valence-corrected chi connectivity index (χ2v) is 9.89. The molecule has 1 N–H and O–H groups in total. The van der Waals surface area contributed by atoms with E-state index in [1.807, 2.05) is 42.5 Å². The number of amides is 1. The summed E-state index contributed by atoms with van der Waals surface area (Å²) in [7, 11) is 1.78. The highest BCUT2D eigenvalue weighted by Crippen LogP contribution is 2.26. The second kappa shape index (κ2) is 11.4. The van der Waals surface area contributed by atoms with Crippen LogP contribution in [0, 0.1) is 12.8 Å². The van der Waals surface area contributed by atoms with Crippen molar-refractivity contribution in [3.05, 3.63) is 76.2 Å². The number of carbonyl (C=O) groups is 2. The van der Waals surface area contributed by atoms with E-state index in [0.29, 0.717) is 28.7 Å². The molecular weight excluding hydrogens is 462 g/mol. The Morgan fingerprint density at radius 1 is 1.03 bits per heavy atom. The van der Waals surface area contributed by atoms with Gasteiger partial charge in [-0.25, -0.2) is 9.48 Å². The van der Waals surface area contributed by atoms with Crippen LogP contribution in [0.15, 0.2) is 64.3 Å². The van der Waals surface area contributed by atoms with E-state index in [2.05, 4.69) is 5.32 Å². The molecule has 0 spiro atoms. The molecule has 0 radical (unpaired) electrons. The van der Waals surface area contributed by atoms with Crippen molar-refractivity contribution in [2.24, 2.45) is 13.0 Å². The fourth-order valence-electron chi connectivity index (χ4n) is 4.42. The van der Waals surface area contributed by atoms with Crippen LogP contribution in [0.25, 0.3) is 5.69 Å². The Bertz CT molecular complexity index is 1240. The summed E-state index contributed by atoms with van der Waals surface area (Å²) in [6.07, 6.45) is 5.86. The summed E-state index contributed by atoms with van der Waals surface area (Å²) in [5.74, 6) is -0.172. The van der Waals surface area contributed by atoms with Gasteiger partial charge in [-0.15, -0.1) is 11.8 Å². The van der Waals surface area contributed by atoms with Crippen LogP contribution < -0.4 is 10.9 Å².